The fraction of sp³-hybridized carbons (Fsp3) is 0.333. The first-order chi connectivity index (χ1) is 12.5. The van der Waals surface area contributed by atoms with Crippen LogP contribution in [-0.2, 0) is 4.79 Å². The van der Waals surface area contributed by atoms with Crippen molar-refractivity contribution in [3.05, 3.63) is 65.0 Å². The topological polar surface area (TPSA) is 49.4 Å². The van der Waals surface area contributed by atoms with E-state index in [0.29, 0.717) is 13.1 Å². The van der Waals surface area contributed by atoms with Crippen molar-refractivity contribution in [2.45, 2.75) is 26.7 Å². The first-order valence-electron chi connectivity index (χ1n) is 8.87. The molecular formula is C21H23FN2O2. The van der Waals surface area contributed by atoms with Gasteiger partial charge < -0.3 is 10.2 Å². The van der Waals surface area contributed by atoms with Crippen LogP contribution in [-0.4, -0.2) is 29.8 Å². The molecule has 136 valence electrons. The molecule has 0 bridgehead atoms. The van der Waals surface area contributed by atoms with E-state index in [1.807, 2.05) is 32.0 Å². The molecular weight excluding hydrogens is 331 g/mol. The van der Waals surface area contributed by atoms with Gasteiger partial charge in [0, 0.05) is 18.8 Å². The molecule has 1 saturated heterocycles. The minimum atomic E-state index is -0.528. The zero-order valence-electron chi connectivity index (χ0n) is 15.1. The lowest BCUT2D eigenvalue weighted by Gasteiger charge is -2.32. The Bertz CT molecular complexity index is 835. The Morgan fingerprint density at radius 3 is 2.69 bits per heavy atom. The van der Waals surface area contributed by atoms with E-state index in [1.54, 1.807) is 17.0 Å². The minimum Gasteiger partial charge on any atom is -0.338 e. The predicted molar refractivity (Wildman–Crippen MR) is 99.6 cm³/mol. The van der Waals surface area contributed by atoms with Crippen molar-refractivity contribution in [3.8, 4) is 0 Å². The highest BCUT2D eigenvalue weighted by molar-refractivity contribution is 5.96. The number of amides is 2. The summed E-state index contributed by atoms with van der Waals surface area (Å²) in [6, 6.07) is 11.9. The van der Waals surface area contributed by atoms with Crippen LogP contribution in [0.3, 0.4) is 0 Å². The Morgan fingerprint density at radius 1 is 1.15 bits per heavy atom. The van der Waals surface area contributed by atoms with Crippen LogP contribution in [0, 0.1) is 25.6 Å². The second kappa shape index (κ2) is 7.68. The smallest absolute Gasteiger partial charge is 0.256 e. The first-order valence-corrected chi connectivity index (χ1v) is 8.87. The lowest BCUT2D eigenvalue weighted by Crippen LogP contribution is -2.44. The van der Waals surface area contributed by atoms with Crippen LogP contribution in [0.25, 0.3) is 0 Å². The van der Waals surface area contributed by atoms with Gasteiger partial charge in [-0.15, -0.1) is 0 Å². The number of nitrogens with zero attached hydrogens (tertiary/aromatic N) is 1. The Labute approximate surface area is 153 Å². The Kier molecular flexibility index (Phi) is 5.35. The standard InChI is InChI=1S/C21H23FN2O2/c1-14-9-10-15(2)19(12-14)23-20(25)16-6-5-11-24(13-16)21(26)17-7-3-4-8-18(17)22/h3-4,7-10,12,16H,5-6,11,13H2,1-2H3,(H,23,25)/t16-/m1/s1. The number of hydrogen-bond donors (Lipinski definition) is 1. The Hall–Kier alpha value is -2.69. The molecule has 1 atom stereocenters. The number of nitrogens with one attached hydrogen (secondary N) is 1. The molecule has 1 aliphatic rings. The summed E-state index contributed by atoms with van der Waals surface area (Å²) in [6.07, 6.45) is 1.45. The summed E-state index contributed by atoms with van der Waals surface area (Å²) in [5.41, 5.74) is 2.93. The number of aryl methyl sites for hydroxylation is 2. The van der Waals surface area contributed by atoms with Gasteiger partial charge in [-0.3, -0.25) is 9.59 Å². The number of benzene rings is 2. The Balaban J connectivity index is 1.70. The monoisotopic (exact) mass is 354 g/mol. The maximum absolute atomic E-state index is 13.9. The van der Waals surface area contributed by atoms with Crippen molar-refractivity contribution < 1.29 is 14.0 Å². The normalized spacial score (nSPS) is 17.0. The second-order valence-electron chi connectivity index (χ2n) is 6.88. The van der Waals surface area contributed by atoms with E-state index in [1.165, 1.54) is 12.1 Å². The van der Waals surface area contributed by atoms with Gasteiger partial charge in [-0.1, -0.05) is 24.3 Å². The van der Waals surface area contributed by atoms with Gasteiger partial charge in [0.05, 0.1) is 11.5 Å². The number of carbonyl (C=O) groups excluding carboxylic acids is 2. The average molecular weight is 354 g/mol. The van der Waals surface area contributed by atoms with Gasteiger partial charge in [-0.25, -0.2) is 4.39 Å². The van der Waals surface area contributed by atoms with Crippen molar-refractivity contribution in [1.29, 1.82) is 0 Å². The quantitative estimate of drug-likeness (QED) is 0.908. The van der Waals surface area contributed by atoms with Crippen molar-refractivity contribution in [2.75, 3.05) is 18.4 Å². The summed E-state index contributed by atoms with van der Waals surface area (Å²) < 4.78 is 13.9. The minimum absolute atomic E-state index is 0.0584. The highest BCUT2D eigenvalue weighted by atomic mass is 19.1. The summed E-state index contributed by atoms with van der Waals surface area (Å²) in [5, 5.41) is 2.98. The largest absolute Gasteiger partial charge is 0.338 e. The van der Waals surface area contributed by atoms with Crippen LogP contribution in [0.5, 0.6) is 0 Å². The van der Waals surface area contributed by atoms with Crippen LogP contribution >= 0.6 is 0 Å². The second-order valence-corrected chi connectivity index (χ2v) is 6.88. The molecule has 26 heavy (non-hydrogen) atoms. The molecule has 0 spiro atoms. The number of halogens is 1. The number of piperidine rings is 1. The molecule has 0 aromatic heterocycles. The SMILES string of the molecule is Cc1ccc(C)c(NC(=O)[C@@H]2CCCN(C(=O)c3ccccc3F)C2)c1. The number of likely N-dealkylation sites (tertiary alicyclic amines) is 1. The molecule has 1 fully saturated rings. The zero-order chi connectivity index (χ0) is 18.7. The third kappa shape index (κ3) is 3.93. The lowest BCUT2D eigenvalue weighted by atomic mass is 9.96. The van der Waals surface area contributed by atoms with E-state index in [0.717, 1.165) is 29.7 Å². The van der Waals surface area contributed by atoms with E-state index in [2.05, 4.69) is 5.32 Å². The zero-order valence-corrected chi connectivity index (χ0v) is 15.1. The predicted octanol–water partition coefficient (Wildman–Crippen LogP) is 3.93. The summed E-state index contributed by atoms with van der Waals surface area (Å²) in [6.45, 7) is 4.78. The van der Waals surface area contributed by atoms with Gasteiger partial charge in [0.15, 0.2) is 0 Å². The molecule has 2 aromatic carbocycles. The van der Waals surface area contributed by atoms with E-state index >= 15 is 0 Å². The van der Waals surface area contributed by atoms with Crippen LogP contribution in [0.15, 0.2) is 42.5 Å². The van der Waals surface area contributed by atoms with Crippen LogP contribution < -0.4 is 5.32 Å². The van der Waals surface area contributed by atoms with Crippen molar-refractivity contribution in [1.82, 2.24) is 4.90 Å². The summed E-state index contributed by atoms with van der Waals surface area (Å²) in [7, 11) is 0. The molecule has 0 aliphatic carbocycles. The average Bonchev–Trinajstić information content (AvgIpc) is 2.64. The summed E-state index contributed by atoms with van der Waals surface area (Å²) in [5.74, 6) is -1.27. The number of hydrogen-bond acceptors (Lipinski definition) is 2. The van der Waals surface area contributed by atoms with E-state index < -0.39 is 5.82 Å². The molecule has 0 radical (unpaired) electrons. The van der Waals surface area contributed by atoms with E-state index in [4.69, 9.17) is 0 Å². The molecule has 0 saturated carbocycles. The third-order valence-corrected chi connectivity index (χ3v) is 4.83. The summed E-state index contributed by atoms with van der Waals surface area (Å²) >= 11 is 0. The van der Waals surface area contributed by atoms with E-state index in [-0.39, 0.29) is 23.3 Å². The molecule has 1 heterocycles. The van der Waals surface area contributed by atoms with Gasteiger partial charge in [-0.2, -0.15) is 0 Å². The van der Waals surface area contributed by atoms with Crippen molar-refractivity contribution in [3.63, 3.8) is 0 Å². The van der Waals surface area contributed by atoms with Crippen molar-refractivity contribution in [2.24, 2.45) is 5.92 Å². The molecule has 2 aromatic rings. The van der Waals surface area contributed by atoms with Gasteiger partial charge >= 0.3 is 0 Å². The van der Waals surface area contributed by atoms with E-state index in [9.17, 15) is 14.0 Å². The molecule has 0 unspecified atom stereocenters. The number of rotatable bonds is 3. The molecule has 1 aliphatic heterocycles. The van der Waals surface area contributed by atoms with Gasteiger partial charge in [0.2, 0.25) is 5.91 Å². The maximum atomic E-state index is 13.9. The van der Waals surface area contributed by atoms with Crippen LogP contribution in [0.1, 0.15) is 34.3 Å². The van der Waals surface area contributed by atoms with Gasteiger partial charge in [0.25, 0.3) is 5.91 Å². The van der Waals surface area contributed by atoms with Gasteiger partial charge in [0.1, 0.15) is 5.82 Å². The van der Waals surface area contributed by atoms with Crippen LogP contribution in [0.4, 0.5) is 10.1 Å². The molecule has 1 N–H and O–H groups in total. The lowest BCUT2D eigenvalue weighted by molar-refractivity contribution is -0.121. The molecule has 5 heteroatoms. The third-order valence-electron chi connectivity index (χ3n) is 4.83. The molecule has 3 rings (SSSR count). The highest BCUT2D eigenvalue weighted by Crippen LogP contribution is 2.23. The van der Waals surface area contributed by atoms with Gasteiger partial charge in [-0.05, 0) is 56.0 Å². The molecule has 4 nitrogen and oxygen atoms in total. The Morgan fingerprint density at radius 2 is 1.92 bits per heavy atom. The highest BCUT2D eigenvalue weighted by Gasteiger charge is 2.30. The molecule has 2 amide bonds. The number of anilines is 1. The fourth-order valence-corrected chi connectivity index (χ4v) is 3.29. The first kappa shape index (κ1) is 18.1. The van der Waals surface area contributed by atoms with Crippen LogP contribution in [0.2, 0.25) is 0 Å². The van der Waals surface area contributed by atoms with Crippen molar-refractivity contribution >= 4 is 17.5 Å². The fourth-order valence-electron chi connectivity index (χ4n) is 3.29. The maximum Gasteiger partial charge on any atom is 0.256 e. The number of carbonyl (C=O) groups is 2. The summed E-state index contributed by atoms with van der Waals surface area (Å²) in [4.78, 5) is 26.9.